The molecule has 0 aromatic carbocycles. The number of hydrogen-bond acceptors (Lipinski definition) is 3. The van der Waals surface area contributed by atoms with E-state index in [0.29, 0.717) is 12.0 Å². The van der Waals surface area contributed by atoms with Crippen LogP contribution in [0.15, 0.2) is 0 Å². The third-order valence-corrected chi connectivity index (χ3v) is 4.36. The summed E-state index contributed by atoms with van der Waals surface area (Å²) in [6, 6.07) is 0.630. The van der Waals surface area contributed by atoms with Crippen LogP contribution in [0.4, 0.5) is 0 Å². The Morgan fingerprint density at radius 1 is 1.35 bits per heavy atom. The first-order valence-electron chi connectivity index (χ1n) is 6.61. The summed E-state index contributed by atoms with van der Waals surface area (Å²) in [4.78, 5) is 2.47. The molecule has 3 rings (SSSR count). The lowest BCUT2D eigenvalue weighted by molar-refractivity contribution is 0.166. The lowest BCUT2D eigenvalue weighted by atomic mass is 10.0. The van der Waals surface area contributed by atoms with Crippen LogP contribution >= 0.6 is 12.2 Å². The number of likely N-dealkylation sites (N-methyl/N-ethyl adjacent to an activating group) is 1. The molecule has 1 saturated heterocycles. The van der Waals surface area contributed by atoms with Crippen LogP contribution in [0.1, 0.15) is 43.8 Å². The maximum absolute atomic E-state index is 5.35. The van der Waals surface area contributed by atoms with Crippen LogP contribution in [0.5, 0.6) is 0 Å². The Hall–Kier alpha value is -0.680. The normalized spacial score (nSPS) is 26.3. The van der Waals surface area contributed by atoms with E-state index in [9.17, 15) is 0 Å². The van der Waals surface area contributed by atoms with Crippen molar-refractivity contribution >= 4 is 12.2 Å². The zero-order valence-corrected chi connectivity index (χ0v) is 11.2. The van der Waals surface area contributed by atoms with Gasteiger partial charge in [0, 0.05) is 18.5 Å². The van der Waals surface area contributed by atoms with Crippen LogP contribution in [-0.4, -0.2) is 39.3 Å². The van der Waals surface area contributed by atoms with Gasteiger partial charge < -0.3 is 9.47 Å². The lowest BCUT2D eigenvalue weighted by Gasteiger charge is -2.32. The van der Waals surface area contributed by atoms with E-state index in [4.69, 9.17) is 12.2 Å². The monoisotopic (exact) mass is 252 g/mol. The summed E-state index contributed by atoms with van der Waals surface area (Å²) in [7, 11) is 2.23. The predicted molar refractivity (Wildman–Crippen MR) is 69.7 cm³/mol. The molecule has 2 fully saturated rings. The van der Waals surface area contributed by atoms with Crippen molar-refractivity contribution in [3.63, 3.8) is 0 Å². The van der Waals surface area contributed by atoms with Gasteiger partial charge in [-0.15, -0.1) is 0 Å². The van der Waals surface area contributed by atoms with Gasteiger partial charge in [0.15, 0.2) is 4.77 Å². The van der Waals surface area contributed by atoms with Gasteiger partial charge in [-0.05, 0) is 51.5 Å². The van der Waals surface area contributed by atoms with Crippen LogP contribution in [-0.2, 0) is 6.54 Å². The lowest BCUT2D eigenvalue weighted by Crippen LogP contribution is -2.39. The van der Waals surface area contributed by atoms with E-state index in [-0.39, 0.29) is 0 Å². The Balaban J connectivity index is 1.79. The summed E-state index contributed by atoms with van der Waals surface area (Å²) in [5, 5.41) is 7.36. The van der Waals surface area contributed by atoms with Crippen LogP contribution in [0.2, 0.25) is 0 Å². The summed E-state index contributed by atoms with van der Waals surface area (Å²) in [5.41, 5.74) is 0. The number of likely N-dealkylation sites (tertiary alicyclic amines) is 1. The summed E-state index contributed by atoms with van der Waals surface area (Å²) in [6.07, 6.45) is 6.52. The van der Waals surface area contributed by atoms with E-state index < -0.39 is 0 Å². The number of aromatic nitrogens is 3. The molecule has 1 N–H and O–H groups in total. The topological polar surface area (TPSA) is 36.9 Å². The number of piperidine rings is 1. The average molecular weight is 252 g/mol. The largest absolute Gasteiger partial charge is 0.302 e. The summed E-state index contributed by atoms with van der Waals surface area (Å²) in [5.74, 6) is 1.85. The zero-order valence-electron chi connectivity index (χ0n) is 10.4. The van der Waals surface area contributed by atoms with Crippen LogP contribution in [0, 0.1) is 4.77 Å². The maximum Gasteiger partial charge on any atom is 0.195 e. The zero-order chi connectivity index (χ0) is 11.8. The van der Waals surface area contributed by atoms with Crippen molar-refractivity contribution in [3.8, 4) is 0 Å². The van der Waals surface area contributed by atoms with Crippen molar-refractivity contribution in [3.05, 3.63) is 10.6 Å². The fourth-order valence-electron chi connectivity index (χ4n) is 2.75. The highest BCUT2D eigenvalue weighted by Gasteiger charge is 2.30. The van der Waals surface area contributed by atoms with E-state index in [1.165, 1.54) is 44.5 Å². The minimum Gasteiger partial charge on any atom is -0.302 e. The van der Waals surface area contributed by atoms with Crippen molar-refractivity contribution < 1.29 is 0 Å². The number of H-pyrrole nitrogens is 1. The van der Waals surface area contributed by atoms with Gasteiger partial charge in [-0.3, -0.25) is 5.10 Å². The van der Waals surface area contributed by atoms with E-state index >= 15 is 0 Å². The van der Waals surface area contributed by atoms with E-state index in [2.05, 4.69) is 26.7 Å². The first-order chi connectivity index (χ1) is 8.25. The molecule has 94 valence electrons. The second kappa shape index (κ2) is 4.53. The molecule has 2 aliphatic rings. The SMILES string of the molecule is CN1CCCCC1Cn1c(C2CC2)n[nH]c1=S. The van der Waals surface area contributed by atoms with Crippen LogP contribution in [0.3, 0.4) is 0 Å². The molecular formula is C12H20N4S. The van der Waals surface area contributed by atoms with E-state index in [1.54, 1.807) is 0 Å². The molecule has 1 aliphatic heterocycles. The Morgan fingerprint density at radius 2 is 2.18 bits per heavy atom. The summed E-state index contributed by atoms with van der Waals surface area (Å²) >= 11 is 5.35. The molecule has 1 aliphatic carbocycles. The number of rotatable bonds is 3. The van der Waals surface area contributed by atoms with Gasteiger partial charge in [0.2, 0.25) is 0 Å². The highest BCUT2D eigenvalue weighted by atomic mass is 32.1. The molecule has 0 spiro atoms. The molecule has 1 aromatic heterocycles. The molecule has 0 radical (unpaired) electrons. The standard InChI is InChI=1S/C12H20N4S/c1-15-7-3-2-4-10(15)8-16-11(9-5-6-9)13-14-12(16)17/h9-10H,2-8H2,1H3,(H,14,17). The molecule has 1 unspecified atom stereocenters. The Labute approximate surface area is 107 Å². The van der Waals surface area contributed by atoms with Crippen molar-refractivity contribution in [1.82, 2.24) is 19.7 Å². The second-order valence-corrected chi connectivity index (χ2v) is 5.79. The molecule has 17 heavy (non-hydrogen) atoms. The third kappa shape index (κ3) is 2.31. The average Bonchev–Trinajstić information content (AvgIpc) is 3.09. The van der Waals surface area contributed by atoms with Gasteiger partial charge >= 0.3 is 0 Å². The first kappa shape index (κ1) is 11.4. The molecule has 0 bridgehead atoms. The smallest absolute Gasteiger partial charge is 0.195 e. The van der Waals surface area contributed by atoms with Gasteiger partial charge in [-0.25, -0.2) is 0 Å². The molecular weight excluding hydrogens is 232 g/mol. The minimum atomic E-state index is 0.630. The van der Waals surface area contributed by atoms with Crippen molar-refractivity contribution in [1.29, 1.82) is 0 Å². The van der Waals surface area contributed by atoms with Gasteiger partial charge in [-0.1, -0.05) is 6.42 Å². The van der Waals surface area contributed by atoms with Gasteiger partial charge in [0.25, 0.3) is 0 Å². The number of hydrogen-bond donors (Lipinski definition) is 1. The highest BCUT2D eigenvalue weighted by molar-refractivity contribution is 7.71. The molecule has 4 nitrogen and oxygen atoms in total. The van der Waals surface area contributed by atoms with Gasteiger partial charge in [0.05, 0.1) is 0 Å². The summed E-state index contributed by atoms with van der Waals surface area (Å²) in [6.45, 7) is 2.23. The minimum absolute atomic E-state index is 0.630. The Kier molecular flexibility index (Phi) is 3.04. The van der Waals surface area contributed by atoms with E-state index in [0.717, 1.165) is 11.3 Å². The molecule has 5 heteroatoms. The highest BCUT2D eigenvalue weighted by Crippen LogP contribution is 2.39. The fourth-order valence-corrected chi connectivity index (χ4v) is 2.96. The Morgan fingerprint density at radius 3 is 2.88 bits per heavy atom. The maximum atomic E-state index is 5.35. The van der Waals surface area contributed by atoms with Crippen molar-refractivity contribution in [2.45, 2.75) is 50.6 Å². The number of nitrogens with zero attached hydrogens (tertiary/aromatic N) is 3. The van der Waals surface area contributed by atoms with E-state index in [1.807, 2.05) is 0 Å². The van der Waals surface area contributed by atoms with Gasteiger partial charge in [-0.2, -0.15) is 5.10 Å². The number of aromatic amines is 1. The number of nitrogens with one attached hydrogen (secondary N) is 1. The molecule has 1 aromatic rings. The van der Waals surface area contributed by atoms with Crippen LogP contribution in [0.25, 0.3) is 0 Å². The quantitative estimate of drug-likeness (QED) is 0.839. The van der Waals surface area contributed by atoms with Gasteiger partial charge in [0.1, 0.15) is 5.82 Å². The predicted octanol–water partition coefficient (Wildman–Crippen LogP) is 2.30. The fraction of sp³-hybridized carbons (Fsp3) is 0.833. The first-order valence-corrected chi connectivity index (χ1v) is 7.02. The summed E-state index contributed by atoms with van der Waals surface area (Å²) < 4.78 is 3.03. The third-order valence-electron chi connectivity index (χ3n) is 4.05. The molecule has 1 saturated carbocycles. The molecule has 2 heterocycles. The Bertz CT molecular complexity index is 446. The second-order valence-electron chi connectivity index (χ2n) is 5.40. The molecule has 1 atom stereocenters. The van der Waals surface area contributed by atoms with Crippen molar-refractivity contribution in [2.75, 3.05) is 13.6 Å². The molecule has 0 amide bonds. The van der Waals surface area contributed by atoms with Crippen LogP contribution < -0.4 is 0 Å². The van der Waals surface area contributed by atoms with Crippen molar-refractivity contribution in [2.24, 2.45) is 0 Å².